The third-order valence-electron chi connectivity index (χ3n) is 2.76. The van der Waals surface area contributed by atoms with Crippen LogP contribution in [0.3, 0.4) is 0 Å². The first kappa shape index (κ1) is 15.4. The Kier molecular flexibility index (Phi) is 4.53. The van der Waals surface area contributed by atoms with Gasteiger partial charge in [-0.05, 0) is 29.8 Å². The van der Waals surface area contributed by atoms with E-state index >= 15 is 0 Å². The molecule has 0 atom stereocenters. The molecule has 0 saturated carbocycles. The van der Waals surface area contributed by atoms with Crippen molar-refractivity contribution < 1.29 is 22.7 Å². The van der Waals surface area contributed by atoms with Crippen LogP contribution >= 0.6 is 11.6 Å². The average molecular weight is 315 g/mol. The lowest BCUT2D eigenvalue weighted by molar-refractivity contribution is -0.137. The van der Waals surface area contributed by atoms with Crippen LogP contribution in [0.25, 0.3) is 0 Å². The first-order chi connectivity index (χ1) is 9.91. The summed E-state index contributed by atoms with van der Waals surface area (Å²) in [6.45, 7) is -0.117. The van der Waals surface area contributed by atoms with Gasteiger partial charge in [-0.3, -0.25) is 4.79 Å². The van der Waals surface area contributed by atoms with Gasteiger partial charge in [-0.1, -0.05) is 29.8 Å². The molecule has 6 heteroatoms. The highest BCUT2D eigenvalue weighted by molar-refractivity contribution is 6.32. The highest BCUT2D eigenvalue weighted by Gasteiger charge is 2.30. The highest BCUT2D eigenvalue weighted by atomic mass is 35.5. The number of rotatable bonds is 4. The van der Waals surface area contributed by atoms with Crippen LogP contribution in [0.5, 0.6) is 5.75 Å². The highest BCUT2D eigenvalue weighted by Crippen LogP contribution is 2.31. The largest absolute Gasteiger partial charge is 0.487 e. The summed E-state index contributed by atoms with van der Waals surface area (Å²) >= 11 is 5.91. The molecule has 0 radical (unpaired) electrons. The van der Waals surface area contributed by atoms with Gasteiger partial charge in [0, 0.05) is 0 Å². The van der Waals surface area contributed by atoms with Crippen LogP contribution in [0.1, 0.15) is 21.5 Å². The van der Waals surface area contributed by atoms with Crippen LogP contribution in [-0.4, -0.2) is 6.29 Å². The van der Waals surface area contributed by atoms with Crippen molar-refractivity contribution in [2.24, 2.45) is 0 Å². The molecule has 0 aromatic heterocycles. The lowest BCUT2D eigenvalue weighted by Gasteiger charge is -2.12. The fourth-order valence-electron chi connectivity index (χ4n) is 1.76. The topological polar surface area (TPSA) is 26.3 Å². The number of hydrogen-bond donors (Lipinski definition) is 0. The average Bonchev–Trinajstić information content (AvgIpc) is 2.45. The van der Waals surface area contributed by atoms with Gasteiger partial charge in [0.25, 0.3) is 0 Å². The van der Waals surface area contributed by atoms with Crippen molar-refractivity contribution in [3.8, 4) is 5.75 Å². The summed E-state index contributed by atoms with van der Waals surface area (Å²) in [7, 11) is 0. The molecule has 0 N–H and O–H groups in total. The maximum Gasteiger partial charge on any atom is 0.416 e. The molecular weight excluding hydrogens is 305 g/mol. The number of carbonyl (C=O) groups excluding carboxylic acids is 1. The van der Waals surface area contributed by atoms with Crippen molar-refractivity contribution in [1.82, 2.24) is 0 Å². The van der Waals surface area contributed by atoms with Gasteiger partial charge < -0.3 is 4.74 Å². The summed E-state index contributed by atoms with van der Waals surface area (Å²) in [6.07, 6.45) is -3.83. The van der Waals surface area contributed by atoms with E-state index in [-0.39, 0.29) is 22.9 Å². The summed E-state index contributed by atoms with van der Waals surface area (Å²) in [5, 5.41) is 0.228. The molecule has 0 bridgehead atoms. The van der Waals surface area contributed by atoms with Crippen LogP contribution in [-0.2, 0) is 12.8 Å². The molecule has 0 heterocycles. The minimum atomic E-state index is -4.41. The number of para-hydroxylation sites is 1. The summed E-state index contributed by atoms with van der Waals surface area (Å²) < 4.78 is 43.2. The van der Waals surface area contributed by atoms with Crippen molar-refractivity contribution in [2.45, 2.75) is 12.8 Å². The van der Waals surface area contributed by atoms with Crippen LogP contribution in [0, 0.1) is 0 Å². The standard InChI is InChI=1S/C15H10ClF3O2/c16-13-6-2-4-11(8-20)14(13)21-9-10-3-1-5-12(7-10)15(17,18)19/h1-8H,9H2. The molecule has 0 saturated heterocycles. The summed E-state index contributed by atoms with van der Waals surface area (Å²) in [4.78, 5) is 10.9. The van der Waals surface area contributed by atoms with Crippen molar-refractivity contribution in [1.29, 1.82) is 0 Å². The molecule has 21 heavy (non-hydrogen) atoms. The number of ether oxygens (including phenoxy) is 1. The molecular formula is C15H10ClF3O2. The van der Waals surface area contributed by atoms with E-state index in [1.54, 1.807) is 6.07 Å². The summed E-state index contributed by atoms with van der Waals surface area (Å²) in [5.74, 6) is 0.159. The van der Waals surface area contributed by atoms with Crippen LogP contribution < -0.4 is 4.74 Å². The Hall–Kier alpha value is -2.01. The third-order valence-corrected chi connectivity index (χ3v) is 3.06. The molecule has 0 fully saturated rings. The first-order valence-electron chi connectivity index (χ1n) is 5.94. The number of hydrogen-bond acceptors (Lipinski definition) is 2. The Balaban J connectivity index is 2.19. The molecule has 2 aromatic carbocycles. The van der Waals surface area contributed by atoms with Crippen molar-refractivity contribution in [3.63, 3.8) is 0 Å². The van der Waals surface area contributed by atoms with E-state index in [0.29, 0.717) is 11.8 Å². The minimum Gasteiger partial charge on any atom is -0.487 e. The lowest BCUT2D eigenvalue weighted by Crippen LogP contribution is -2.06. The molecule has 0 aliphatic rings. The second-order valence-electron chi connectivity index (χ2n) is 4.26. The van der Waals surface area contributed by atoms with Crippen molar-refractivity contribution >= 4 is 17.9 Å². The Morgan fingerprint density at radius 3 is 2.52 bits per heavy atom. The zero-order chi connectivity index (χ0) is 15.5. The second-order valence-corrected chi connectivity index (χ2v) is 4.67. The molecule has 110 valence electrons. The lowest BCUT2D eigenvalue weighted by atomic mass is 10.1. The van der Waals surface area contributed by atoms with Crippen LogP contribution in [0.4, 0.5) is 13.2 Å². The van der Waals surface area contributed by atoms with E-state index in [4.69, 9.17) is 16.3 Å². The van der Waals surface area contributed by atoms with Gasteiger partial charge in [-0.15, -0.1) is 0 Å². The first-order valence-corrected chi connectivity index (χ1v) is 6.32. The molecule has 0 spiro atoms. The maximum atomic E-state index is 12.6. The van der Waals surface area contributed by atoms with Crippen molar-refractivity contribution in [2.75, 3.05) is 0 Å². The van der Waals surface area contributed by atoms with E-state index in [0.717, 1.165) is 12.1 Å². The van der Waals surface area contributed by atoms with Gasteiger partial charge in [0.2, 0.25) is 0 Å². The second kappa shape index (κ2) is 6.18. The number of carbonyl (C=O) groups is 1. The predicted octanol–water partition coefficient (Wildman–Crippen LogP) is 4.75. The SMILES string of the molecule is O=Cc1cccc(Cl)c1OCc1cccc(C(F)(F)F)c1. The van der Waals surface area contributed by atoms with Crippen molar-refractivity contribution in [3.05, 3.63) is 64.2 Å². The molecule has 2 nitrogen and oxygen atoms in total. The van der Waals surface area contributed by atoms with Gasteiger partial charge in [-0.25, -0.2) is 0 Å². The monoisotopic (exact) mass is 314 g/mol. The van der Waals surface area contributed by atoms with E-state index in [1.165, 1.54) is 24.3 Å². The number of benzene rings is 2. The Labute approximate surface area is 124 Å². The molecule has 2 aromatic rings. The Morgan fingerprint density at radius 1 is 1.14 bits per heavy atom. The molecule has 0 unspecified atom stereocenters. The maximum absolute atomic E-state index is 12.6. The Morgan fingerprint density at radius 2 is 1.86 bits per heavy atom. The van der Waals surface area contributed by atoms with Gasteiger partial charge in [-0.2, -0.15) is 13.2 Å². The molecule has 0 aliphatic carbocycles. The molecule has 0 amide bonds. The normalized spacial score (nSPS) is 11.2. The minimum absolute atomic E-state index is 0.117. The van der Waals surface area contributed by atoms with Gasteiger partial charge in [0.05, 0.1) is 16.1 Å². The molecule has 0 aliphatic heterocycles. The van der Waals surface area contributed by atoms with E-state index in [1.807, 2.05) is 0 Å². The molecule has 2 rings (SSSR count). The van der Waals surface area contributed by atoms with E-state index in [9.17, 15) is 18.0 Å². The fraction of sp³-hybridized carbons (Fsp3) is 0.133. The quantitative estimate of drug-likeness (QED) is 0.761. The van der Waals surface area contributed by atoms with E-state index in [2.05, 4.69) is 0 Å². The van der Waals surface area contributed by atoms with E-state index < -0.39 is 11.7 Å². The summed E-state index contributed by atoms with van der Waals surface area (Å²) in [6, 6.07) is 9.42. The van der Waals surface area contributed by atoms with Gasteiger partial charge in [0.15, 0.2) is 6.29 Å². The predicted molar refractivity (Wildman–Crippen MR) is 72.6 cm³/mol. The number of halogens is 4. The number of alkyl halides is 3. The third kappa shape index (κ3) is 3.76. The smallest absolute Gasteiger partial charge is 0.416 e. The summed E-state index contributed by atoms with van der Waals surface area (Å²) in [5.41, 5.74) is -0.172. The van der Waals surface area contributed by atoms with Gasteiger partial charge >= 0.3 is 6.18 Å². The van der Waals surface area contributed by atoms with Crippen LogP contribution in [0.2, 0.25) is 5.02 Å². The number of aldehydes is 1. The zero-order valence-electron chi connectivity index (χ0n) is 10.7. The van der Waals surface area contributed by atoms with Crippen LogP contribution in [0.15, 0.2) is 42.5 Å². The van der Waals surface area contributed by atoms with Gasteiger partial charge in [0.1, 0.15) is 12.4 Å². The fourth-order valence-corrected chi connectivity index (χ4v) is 2.00. The Bertz CT molecular complexity index is 654. The zero-order valence-corrected chi connectivity index (χ0v) is 11.4.